The van der Waals surface area contributed by atoms with Crippen molar-refractivity contribution in [3.05, 3.63) is 41.7 Å². The molecule has 1 amide bonds. The topological polar surface area (TPSA) is 92.1 Å². The van der Waals surface area contributed by atoms with Crippen LogP contribution in [-0.2, 0) is 12.6 Å². The Bertz CT molecular complexity index is 662. The number of anilines is 1. The van der Waals surface area contributed by atoms with Crippen LogP contribution in [0.25, 0.3) is 0 Å². The molecular weight excluding hydrogens is 302 g/mol. The molecule has 2 aromatic rings. The first-order valence-corrected chi connectivity index (χ1v) is 7.54. The Morgan fingerprint density at radius 3 is 3.00 bits per heavy atom. The maximum atomic E-state index is 12.1. The number of hydrogen-bond donors (Lipinski definition) is 3. The summed E-state index contributed by atoms with van der Waals surface area (Å²) in [5.74, 6) is -0.270. The van der Waals surface area contributed by atoms with Gasteiger partial charge in [0, 0.05) is 25.4 Å². The second-order valence-electron chi connectivity index (χ2n) is 5.06. The molecule has 0 aromatic carbocycles. The van der Waals surface area contributed by atoms with E-state index in [4.69, 9.17) is 0 Å². The normalized spacial score (nSPS) is 13.4. The van der Waals surface area contributed by atoms with Gasteiger partial charge in [-0.2, -0.15) is 5.10 Å². The zero-order valence-corrected chi connectivity index (χ0v) is 13.4. The molecule has 0 radical (unpaired) electrons. The minimum atomic E-state index is -1.18. The van der Waals surface area contributed by atoms with E-state index in [1.54, 1.807) is 37.1 Å². The van der Waals surface area contributed by atoms with E-state index in [0.717, 1.165) is 0 Å². The Hall–Kier alpha value is -2.19. The summed E-state index contributed by atoms with van der Waals surface area (Å²) in [6, 6.07) is 0. The third kappa shape index (κ3) is 3.92. The maximum Gasteiger partial charge on any atom is 0.263 e. The SMILES string of the molecule is C=CCNc1ncc(C(=O)NCC(C)(O)c2cnn(C)c2)s1. The number of aliphatic hydroxyl groups is 1. The van der Waals surface area contributed by atoms with Crippen molar-refractivity contribution < 1.29 is 9.90 Å². The summed E-state index contributed by atoms with van der Waals surface area (Å²) < 4.78 is 1.60. The van der Waals surface area contributed by atoms with Crippen molar-refractivity contribution in [3.63, 3.8) is 0 Å². The van der Waals surface area contributed by atoms with Crippen molar-refractivity contribution in [2.45, 2.75) is 12.5 Å². The summed E-state index contributed by atoms with van der Waals surface area (Å²) >= 11 is 1.25. The summed E-state index contributed by atoms with van der Waals surface area (Å²) in [7, 11) is 1.77. The zero-order chi connectivity index (χ0) is 16.2. The van der Waals surface area contributed by atoms with Crippen LogP contribution in [0.1, 0.15) is 22.2 Å². The van der Waals surface area contributed by atoms with Gasteiger partial charge in [-0.3, -0.25) is 9.48 Å². The van der Waals surface area contributed by atoms with E-state index in [2.05, 4.69) is 27.3 Å². The average Bonchev–Trinajstić information content (AvgIpc) is 3.12. The minimum Gasteiger partial charge on any atom is -0.383 e. The van der Waals surface area contributed by atoms with Crippen LogP contribution < -0.4 is 10.6 Å². The lowest BCUT2D eigenvalue weighted by Gasteiger charge is -2.21. The van der Waals surface area contributed by atoms with Gasteiger partial charge in [0.15, 0.2) is 5.13 Å². The fourth-order valence-electron chi connectivity index (χ4n) is 1.76. The number of nitrogens with zero attached hydrogens (tertiary/aromatic N) is 3. The predicted octanol–water partition coefficient (Wildman–Crippen LogP) is 1.11. The number of rotatable bonds is 7. The average molecular weight is 321 g/mol. The quantitative estimate of drug-likeness (QED) is 0.665. The fraction of sp³-hybridized carbons (Fsp3) is 0.357. The molecule has 0 bridgehead atoms. The van der Waals surface area contributed by atoms with Gasteiger partial charge in [-0.05, 0) is 6.92 Å². The van der Waals surface area contributed by atoms with Crippen LogP contribution in [-0.4, -0.2) is 38.9 Å². The van der Waals surface area contributed by atoms with Crippen molar-refractivity contribution in [2.75, 3.05) is 18.4 Å². The smallest absolute Gasteiger partial charge is 0.263 e. The zero-order valence-electron chi connectivity index (χ0n) is 12.5. The van der Waals surface area contributed by atoms with Crippen LogP contribution in [0.3, 0.4) is 0 Å². The number of carbonyl (C=O) groups excluding carboxylic acids is 1. The molecule has 2 rings (SSSR count). The molecule has 8 heteroatoms. The van der Waals surface area contributed by atoms with E-state index in [-0.39, 0.29) is 12.5 Å². The second-order valence-corrected chi connectivity index (χ2v) is 6.09. The van der Waals surface area contributed by atoms with Gasteiger partial charge in [-0.25, -0.2) is 4.98 Å². The standard InChI is InChI=1S/C14H19N5O2S/c1-4-5-15-13-16-7-11(22-13)12(20)17-9-14(2,21)10-6-18-19(3)8-10/h4,6-8,21H,1,5,9H2,2-3H3,(H,15,16)(H,17,20). The predicted molar refractivity (Wildman–Crippen MR) is 85.9 cm³/mol. The largest absolute Gasteiger partial charge is 0.383 e. The van der Waals surface area contributed by atoms with Crippen LogP contribution >= 0.6 is 11.3 Å². The van der Waals surface area contributed by atoms with E-state index in [9.17, 15) is 9.90 Å². The number of nitrogens with one attached hydrogen (secondary N) is 2. The molecule has 0 aliphatic rings. The van der Waals surface area contributed by atoms with Crippen LogP contribution in [0.2, 0.25) is 0 Å². The van der Waals surface area contributed by atoms with Gasteiger partial charge >= 0.3 is 0 Å². The highest BCUT2D eigenvalue weighted by atomic mass is 32.1. The molecule has 0 aliphatic heterocycles. The Kier molecular flexibility index (Phi) is 4.94. The number of aromatic nitrogens is 3. The molecule has 2 heterocycles. The summed E-state index contributed by atoms with van der Waals surface area (Å²) in [6.07, 6.45) is 6.52. The van der Waals surface area contributed by atoms with Gasteiger partial charge in [0.05, 0.1) is 18.9 Å². The highest BCUT2D eigenvalue weighted by Crippen LogP contribution is 2.20. The molecule has 0 saturated heterocycles. The van der Waals surface area contributed by atoms with Gasteiger partial charge in [0.2, 0.25) is 0 Å². The molecule has 2 aromatic heterocycles. The summed E-state index contributed by atoms with van der Waals surface area (Å²) in [4.78, 5) is 16.7. The molecular formula is C14H19N5O2S. The van der Waals surface area contributed by atoms with Crippen molar-refractivity contribution >= 4 is 22.4 Å². The van der Waals surface area contributed by atoms with Gasteiger partial charge in [-0.1, -0.05) is 17.4 Å². The summed E-state index contributed by atoms with van der Waals surface area (Å²) in [5, 5.41) is 20.8. The van der Waals surface area contributed by atoms with Crippen LogP contribution in [0, 0.1) is 0 Å². The molecule has 7 nitrogen and oxygen atoms in total. The van der Waals surface area contributed by atoms with Gasteiger partial charge in [0.25, 0.3) is 5.91 Å². The molecule has 3 N–H and O–H groups in total. The van der Waals surface area contributed by atoms with E-state index in [0.29, 0.717) is 22.1 Å². The number of amides is 1. The van der Waals surface area contributed by atoms with Crippen molar-refractivity contribution in [1.29, 1.82) is 0 Å². The lowest BCUT2D eigenvalue weighted by Crippen LogP contribution is -2.38. The van der Waals surface area contributed by atoms with E-state index in [1.807, 2.05) is 0 Å². The Morgan fingerprint density at radius 2 is 2.36 bits per heavy atom. The third-order valence-electron chi connectivity index (χ3n) is 3.05. The first kappa shape index (κ1) is 16.2. The molecule has 1 atom stereocenters. The van der Waals surface area contributed by atoms with Crippen LogP contribution in [0.15, 0.2) is 31.2 Å². The van der Waals surface area contributed by atoms with E-state index >= 15 is 0 Å². The van der Waals surface area contributed by atoms with E-state index in [1.165, 1.54) is 17.5 Å². The molecule has 0 saturated carbocycles. The van der Waals surface area contributed by atoms with Gasteiger partial charge in [0.1, 0.15) is 10.5 Å². The van der Waals surface area contributed by atoms with Crippen molar-refractivity contribution in [1.82, 2.24) is 20.1 Å². The Labute approximate surface area is 132 Å². The molecule has 1 unspecified atom stereocenters. The van der Waals surface area contributed by atoms with Crippen molar-refractivity contribution in [3.8, 4) is 0 Å². The van der Waals surface area contributed by atoms with E-state index < -0.39 is 5.60 Å². The molecule has 0 spiro atoms. The summed E-state index contributed by atoms with van der Waals surface area (Å²) in [6.45, 7) is 5.91. The molecule has 0 aliphatic carbocycles. The van der Waals surface area contributed by atoms with Gasteiger partial charge < -0.3 is 15.7 Å². The highest BCUT2D eigenvalue weighted by Gasteiger charge is 2.26. The monoisotopic (exact) mass is 321 g/mol. The Balaban J connectivity index is 1.94. The number of carbonyl (C=O) groups is 1. The first-order valence-electron chi connectivity index (χ1n) is 6.72. The molecule has 22 heavy (non-hydrogen) atoms. The van der Waals surface area contributed by atoms with Crippen molar-refractivity contribution in [2.24, 2.45) is 7.05 Å². The second kappa shape index (κ2) is 6.71. The van der Waals surface area contributed by atoms with Gasteiger partial charge in [-0.15, -0.1) is 6.58 Å². The highest BCUT2D eigenvalue weighted by molar-refractivity contribution is 7.17. The molecule has 118 valence electrons. The van der Waals surface area contributed by atoms with Crippen LogP contribution in [0.5, 0.6) is 0 Å². The maximum absolute atomic E-state index is 12.1. The van der Waals surface area contributed by atoms with Crippen LogP contribution in [0.4, 0.5) is 5.13 Å². The first-order chi connectivity index (χ1) is 10.4. The minimum absolute atomic E-state index is 0.0881. The fourth-order valence-corrected chi connectivity index (χ4v) is 2.50. The third-order valence-corrected chi connectivity index (χ3v) is 4.00. The lowest BCUT2D eigenvalue weighted by atomic mass is 10.00. The number of hydrogen-bond acceptors (Lipinski definition) is 6. The molecule has 0 fully saturated rings. The number of thiazole rings is 1. The Morgan fingerprint density at radius 1 is 1.59 bits per heavy atom. The lowest BCUT2D eigenvalue weighted by molar-refractivity contribution is 0.0527. The number of aryl methyl sites for hydroxylation is 1. The summed E-state index contributed by atoms with van der Waals surface area (Å²) in [5.41, 5.74) is -0.536.